The van der Waals surface area contributed by atoms with Crippen molar-refractivity contribution in [2.24, 2.45) is 0 Å². The number of alkyl halides is 3. The van der Waals surface area contributed by atoms with Crippen molar-refractivity contribution in [1.29, 1.82) is 5.26 Å². The van der Waals surface area contributed by atoms with Crippen molar-refractivity contribution in [3.8, 4) is 107 Å². The zero-order chi connectivity index (χ0) is 57.9. The number of nitrogens with zero attached hydrogens (tertiary/aromatic N) is 6. The summed E-state index contributed by atoms with van der Waals surface area (Å²) in [5.74, 6) is 0.498. The summed E-state index contributed by atoms with van der Waals surface area (Å²) in [5.41, 5.74) is 15.2. The van der Waals surface area contributed by atoms with Gasteiger partial charge >= 0.3 is 6.18 Å². The van der Waals surface area contributed by atoms with Gasteiger partial charge in [-0.15, -0.1) is 0 Å². The lowest BCUT2D eigenvalue weighted by Crippen LogP contribution is -2.09. The van der Waals surface area contributed by atoms with Gasteiger partial charge in [-0.25, -0.2) is 15.0 Å². The average Bonchev–Trinajstić information content (AvgIpc) is 1.72. The fourth-order valence-electron chi connectivity index (χ4n) is 12.1. The predicted molar refractivity (Wildman–Crippen MR) is 342 cm³/mol. The monoisotopic (exact) mass is 1110 g/mol. The highest BCUT2D eigenvalue weighted by Crippen LogP contribution is 2.45. The van der Waals surface area contributed by atoms with Gasteiger partial charge in [0.25, 0.3) is 0 Å². The van der Waals surface area contributed by atoms with E-state index >= 15 is 13.2 Å². The van der Waals surface area contributed by atoms with Crippen molar-refractivity contribution in [2.75, 3.05) is 0 Å². The van der Waals surface area contributed by atoms with Gasteiger partial charge in [0, 0.05) is 38.2 Å². The Morgan fingerprint density at radius 2 is 0.628 bits per heavy atom. The minimum absolute atomic E-state index is 0.0303. The standard InChI is InChI=1S/C77H47F3N6/c78-77(79,80)60-35-41-73(86-70-38-32-56(51-22-10-3-11-23-51)44-64(70)65-45-57(33-39-71(65)86)52-24-12-4-13-25-52)67(47-60)76-83-74(53-26-14-5-15-27-53)82-75(84-76)66-46-58(61-29-17-16-28-59(61)48-81)34-40-72(66)85-68-36-30-54(49-18-6-1-7-19-49)42-62(68)63-43-55(31-37-69(63)85)50-20-8-2-9-21-50/h1-47H. The van der Waals surface area contributed by atoms with E-state index in [2.05, 4.69) is 120 Å². The molecule has 0 aliphatic rings. The number of fused-ring (bicyclic) bond motifs is 6. The van der Waals surface area contributed by atoms with E-state index in [1.165, 1.54) is 12.1 Å². The average molecular weight is 1110 g/mol. The van der Waals surface area contributed by atoms with Gasteiger partial charge in [-0.2, -0.15) is 18.4 Å². The summed E-state index contributed by atoms with van der Waals surface area (Å²) < 4.78 is 50.6. The largest absolute Gasteiger partial charge is 0.416 e. The Bertz CT molecular complexity index is 4950. The minimum atomic E-state index is -4.73. The molecule has 0 amide bonds. The van der Waals surface area contributed by atoms with Crippen LogP contribution in [0.15, 0.2) is 285 Å². The number of halogens is 3. The Balaban J connectivity index is 1.02. The van der Waals surface area contributed by atoms with Crippen LogP contribution in [0.1, 0.15) is 11.1 Å². The molecule has 0 N–H and O–H groups in total. The second-order valence-electron chi connectivity index (χ2n) is 21.4. The minimum Gasteiger partial charge on any atom is -0.309 e. The number of aromatic nitrogens is 5. The molecule has 9 heteroatoms. The highest BCUT2D eigenvalue weighted by atomic mass is 19.4. The fourth-order valence-corrected chi connectivity index (χ4v) is 12.1. The molecule has 0 aliphatic carbocycles. The number of nitriles is 1. The molecule has 0 spiro atoms. The number of rotatable bonds is 10. The van der Waals surface area contributed by atoms with Gasteiger partial charge in [-0.05, 0) is 141 Å². The van der Waals surface area contributed by atoms with Crippen LogP contribution in [0.5, 0.6) is 0 Å². The lowest BCUT2D eigenvalue weighted by Gasteiger charge is -2.19. The Morgan fingerprint density at radius 1 is 0.291 bits per heavy atom. The first-order valence-corrected chi connectivity index (χ1v) is 28.3. The quantitative estimate of drug-likeness (QED) is 0.137. The molecule has 0 bridgehead atoms. The smallest absolute Gasteiger partial charge is 0.309 e. The molecule has 12 aromatic carbocycles. The van der Waals surface area contributed by atoms with Crippen LogP contribution in [0.2, 0.25) is 0 Å². The van der Waals surface area contributed by atoms with Gasteiger partial charge in [-0.3, -0.25) is 0 Å². The lowest BCUT2D eigenvalue weighted by molar-refractivity contribution is -0.137. The van der Waals surface area contributed by atoms with E-state index < -0.39 is 11.7 Å². The Kier molecular flexibility index (Phi) is 12.6. The van der Waals surface area contributed by atoms with Crippen LogP contribution in [0, 0.1) is 11.3 Å². The van der Waals surface area contributed by atoms with Gasteiger partial charge in [0.15, 0.2) is 17.5 Å². The second kappa shape index (κ2) is 21.1. The molecule has 0 radical (unpaired) electrons. The predicted octanol–water partition coefficient (Wildman–Crippen LogP) is 20.3. The van der Waals surface area contributed by atoms with E-state index in [9.17, 15) is 5.26 Å². The second-order valence-corrected chi connectivity index (χ2v) is 21.4. The maximum absolute atomic E-state index is 15.5. The van der Waals surface area contributed by atoms with Gasteiger partial charge < -0.3 is 9.13 Å². The Hall–Kier alpha value is -11.5. The van der Waals surface area contributed by atoms with Crippen molar-refractivity contribution >= 4 is 43.6 Å². The van der Waals surface area contributed by atoms with Crippen LogP contribution in [0.25, 0.3) is 145 Å². The fraction of sp³-hybridized carbons (Fsp3) is 0.0130. The van der Waals surface area contributed by atoms with E-state index in [1.54, 1.807) is 6.07 Å². The van der Waals surface area contributed by atoms with Crippen molar-refractivity contribution in [1.82, 2.24) is 24.1 Å². The van der Waals surface area contributed by atoms with E-state index in [0.29, 0.717) is 33.6 Å². The molecule has 0 fully saturated rings. The van der Waals surface area contributed by atoms with Crippen molar-refractivity contribution in [2.45, 2.75) is 6.18 Å². The lowest BCUT2D eigenvalue weighted by atomic mass is 9.97. The molecule has 15 aromatic rings. The van der Waals surface area contributed by atoms with Crippen LogP contribution >= 0.6 is 0 Å². The maximum atomic E-state index is 15.5. The molecule has 406 valence electrons. The molecule has 0 atom stereocenters. The topological polar surface area (TPSA) is 72.3 Å². The summed E-state index contributed by atoms with van der Waals surface area (Å²) in [6, 6.07) is 95.5. The van der Waals surface area contributed by atoms with Crippen LogP contribution in [0.4, 0.5) is 13.2 Å². The zero-order valence-electron chi connectivity index (χ0n) is 46.0. The third-order valence-corrected chi connectivity index (χ3v) is 16.3. The molecular weight excluding hydrogens is 1070 g/mol. The Labute approximate surface area is 493 Å². The first-order valence-electron chi connectivity index (χ1n) is 28.3. The molecule has 3 heterocycles. The van der Waals surface area contributed by atoms with Crippen LogP contribution in [0.3, 0.4) is 0 Å². The zero-order valence-corrected chi connectivity index (χ0v) is 46.0. The Morgan fingerprint density at radius 3 is 1.02 bits per heavy atom. The first kappa shape index (κ1) is 51.4. The van der Waals surface area contributed by atoms with Crippen LogP contribution in [-0.2, 0) is 6.18 Å². The molecule has 0 unspecified atom stereocenters. The van der Waals surface area contributed by atoms with Gasteiger partial charge in [-0.1, -0.05) is 200 Å². The molecule has 3 aromatic heterocycles. The number of hydrogen-bond acceptors (Lipinski definition) is 4. The van der Waals surface area contributed by atoms with E-state index in [4.69, 9.17) is 15.0 Å². The molecular formula is C77H47F3N6. The normalized spacial score (nSPS) is 11.7. The van der Waals surface area contributed by atoms with Gasteiger partial charge in [0.05, 0.1) is 50.6 Å². The molecule has 86 heavy (non-hydrogen) atoms. The molecule has 15 rings (SSSR count). The third kappa shape index (κ3) is 9.14. The highest BCUT2D eigenvalue weighted by Gasteiger charge is 2.33. The van der Waals surface area contributed by atoms with E-state index in [1.807, 2.05) is 156 Å². The summed E-state index contributed by atoms with van der Waals surface area (Å²) in [7, 11) is 0. The summed E-state index contributed by atoms with van der Waals surface area (Å²) in [6.45, 7) is 0. The summed E-state index contributed by atoms with van der Waals surface area (Å²) >= 11 is 0. The first-order chi connectivity index (χ1) is 42.2. The van der Waals surface area contributed by atoms with E-state index in [-0.39, 0.29) is 23.0 Å². The van der Waals surface area contributed by atoms with Gasteiger partial charge in [0.2, 0.25) is 0 Å². The SMILES string of the molecule is N#Cc1ccccc1-c1ccc(-n2c3ccc(-c4ccccc4)cc3c3cc(-c4ccccc4)ccc32)c(-c2nc(-c3ccccc3)nc(-c3cc(C(F)(F)F)ccc3-n3c4ccc(-c5ccccc5)cc4c4cc(-c5ccccc5)ccc43)n2)c1. The van der Waals surface area contributed by atoms with Crippen molar-refractivity contribution in [3.05, 3.63) is 296 Å². The molecule has 0 saturated heterocycles. The molecule has 0 saturated carbocycles. The van der Waals surface area contributed by atoms with Gasteiger partial charge in [0.1, 0.15) is 0 Å². The van der Waals surface area contributed by atoms with Crippen LogP contribution < -0.4 is 0 Å². The molecule has 6 nitrogen and oxygen atoms in total. The number of benzene rings is 12. The number of hydrogen-bond donors (Lipinski definition) is 0. The molecule has 0 aliphatic heterocycles. The summed E-state index contributed by atoms with van der Waals surface area (Å²) in [5, 5.41) is 14.4. The van der Waals surface area contributed by atoms with Crippen molar-refractivity contribution in [3.63, 3.8) is 0 Å². The van der Waals surface area contributed by atoms with E-state index in [0.717, 1.165) is 99.7 Å². The highest BCUT2D eigenvalue weighted by molar-refractivity contribution is 6.13. The van der Waals surface area contributed by atoms with Crippen LogP contribution in [-0.4, -0.2) is 24.1 Å². The third-order valence-electron chi connectivity index (χ3n) is 16.3. The van der Waals surface area contributed by atoms with Crippen molar-refractivity contribution < 1.29 is 13.2 Å². The summed E-state index contributed by atoms with van der Waals surface area (Å²) in [4.78, 5) is 15.9. The summed E-state index contributed by atoms with van der Waals surface area (Å²) in [6.07, 6.45) is -4.73. The maximum Gasteiger partial charge on any atom is 0.416 e.